The largest absolute Gasteiger partial charge is 0.493 e. The Hall–Kier alpha value is -4.26. The zero-order chi connectivity index (χ0) is 37.8. The lowest BCUT2D eigenvalue weighted by Gasteiger charge is -2.44. The second kappa shape index (κ2) is 16.4. The molecule has 53 heavy (non-hydrogen) atoms. The van der Waals surface area contributed by atoms with Gasteiger partial charge in [-0.2, -0.15) is 0 Å². The number of nitrogens with zero attached hydrogens (tertiary/aromatic N) is 4. The van der Waals surface area contributed by atoms with Gasteiger partial charge in [-0.25, -0.2) is 4.79 Å². The molecule has 0 saturated carbocycles. The van der Waals surface area contributed by atoms with E-state index in [1.54, 1.807) is 23.2 Å². The summed E-state index contributed by atoms with van der Waals surface area (Å²) in [7, 11) is 4.58. The van der Waals surface area contributed by atoms with E-state index in [1.807, 2.05) is 41.3 Å². The molecule has 12 nitrogen and oxygen atoms in total. The van der Waals surface area contributed by atoms with Gasteiger partial charge in [-0.15, -0.1) is 0 Å². The van der Waals surface area contributed by atoms with Gasteiger partial charge in [0.05, 0.1) is 48.5 Å². The number of carbonyl (C=O) groups excluding carboxylic acids is 2. The second-order valence-corrected chi connectivity index (χ2v) is 15.1. The molecule has 2 atom stereocenters. The average molecular weight is 769 g/mol. The van der Waals surface area contributed by atoms with Crippen LogP contribution in [-0.2, 0) is 15.7 Å². The fourth-order valence-electron chi connectivity index (χ4n) is 8.11. The highest BCUT2D eigenvalue weighted by Crippen LogP contribution is 2.43. The molecule has 1 aromatic heterocycles. The summed E-state index contributed by atoms with van der Waals surface area (Å²) < 4.78 is 16.5. The summed E-state index contributed by atoms with van der Waals surface area (Å²) in [4.78, 5) is 49.9. The summed E-state index contributed by atoms with van der Waals surface area (Å²) >= 11 is 12.9. The highest BCUT2D eigenvalue weighted by molar-refractivity contribution is 6.42. The minimum absolute atomic E-state index is 0.136. The van der Waals surface area contributed by atoms with E-state index in [1.165, 1.54) is 21.3 Å². The number of methoxy groups -OCH3 is 3. The quantitative estimate of drug-likeness (QED) is 0.238. The van der Waals surface area contributed by atoms with Crippen molar-refractivity contribution in [1.82, 2.24) is 25.0 Å². The Labute approximate surface area is 320 Å². The smallest absolute Gasteiger partial charge is 0.318 e. The standard InChI is InChI=1S/C39H47Cl2N5O7/c1-51-31-21-27(22-32(52-2)34(31)53-3)35(47)46-20-12-38(25-46,28-9-10-29(40)30(41)23-28)11-17-44-18-13-39(14-19-44,33-8-4-5-15-42-33)43-37(50)45-16-6-7-26(24-45)36(48)49/h4-5,8-10,15,21-23,26H,6-7,11-14,16-20,24-25H2,1-3H3,(H,43,50)(H,48,49). The first-order chi connectivity index (χ1) is 25.5. The van der Waals surface area contributed by atoms with Crippen molar-refractivity contribution in [2.24, 2.45) is 5.92 Å². The lowest BCUT2D eigenvalue weighted by molar-refractivity contribution is -0.143. The maximum Gasteiger partial charge on any atom is 0.318 e. The number of piperidine rings is 2. The van der Waals surface area contributed by atoms with Crippen LogP contribution in [0.25, 0.3) is 0 Å². The molecular weight excluding hydrogens is 721 g/mol. The third kappa shape index (κ3) is 8.14. The van der Waals surface area contributed by atoms with Gasteiger partial charge < -0.3 is 39.3 Å². The number of benzene rings is 2. The first-order valence-corrected chi connectivity index (χ1v) is 18.8. The molecule has 3 amide bonds. The molecule has 284 valence electrons. The van der Waals surface area contributed by atoms with Crippen molar-refractivity contribution in [3.8, 4) is 17.2 Å². The van der Waals surface area contributed by atoms with Crippen LogP contribution in [0.5, 0.6) is 17.2 Å². The van der Waals surface area contributed by atoms with Crippen LogP contribution in [0.3, 0.4) is 0 Å². The number of aromatic nitrogens is 1. The van der Waals surface area contributed by atoms with E-state index in [4.69, 9.17) is 37.4 Å². The number of halogens is 2. The Kier molecular flexibility index (Phi) is 11.9. The highest BCUT2D eigenvalue weighted by Gasteiger charge is 2.44. The van der Waals surface area contributed by atoms with Crippen molar-refractivity contribution >= 4 is 41.1 Å². The summed E-state index contributed by atoms with van der Waals surface area (Å²) in [6.45, 7) is 3.92. The molecule has 3 fully saturated rings. The van der Waals surface area contributed by atoms with Gasteiger partial charge in [-0.3, -0.25) is 14.6 Å². The number of carboxylic acids is 1. The molecule has 0 aliphatic carbocycles. The second-order valence-electron chi connectivity index (χ2n) is 14.2. The fourth-order valence-corrected chi connectivity index (χ4v) is 8.41. The van der Waals surface area contributed by atoms with E-state index in [0.717, 1.165) is 30.6 Å². The number of hydrogen-bond acceptors (Lipinski definition) is 8. The lowest BCUT2D eigenvalue weighted by atomic mass is 9.76. The minimum atomic E-state index is -0.871. The van der Waals surface area contributed by atoms with Gasteiger partial charge in [-0.1, -0.05) is 35.3 Å². The van der Waals surface area contributed by atoms with E-state index in [2.05, 4.69) is 15.2 Å². The molecule has 2 unspecified atom stereocenters. The van der Waals surface area contributed by atoms with Crippen molar-refractivity contribution in [2.75, 3.05) is 67.1 Å². The molecule has 2 aromatic carbocycles. The molecule has 4 heterocycles. The first kappa shape index (κ1) is 38.5. The van der Waals surface area contributed by atoms with Crippen LogP contribution in [0, 0.1) is 5.92 Å². The van der Waals surface area contributed by atoms with Gasteiger partial charge in [0.1, 0.15) is 0 Å². The lowest BCUT2D eigenvalue weighted by Crippen LogP contribution is -2.58. The third-order valence-electron chi connectivity index (χ3n) is 11.3. The van der Waals surface area contributed by atoms with Crippen molar-refractivity contribution in [2.45, 2.75) is 49.5 Å². The summed E-state index contributed by atoms with van der Waals surface area (Å²) in [6, 6.07) is 14.6. The fraction of sp³-hybridized carbons (Fsp3) is 0.487. The van der Waals surface area contributed by atoms with Crippen LogP contribution in [0.4, 0.5) is 4.79 Å². The molecule has 3 aliphatic heterocycles. The monoisotopic (exact) mass is 767 g/mol. The summed E-state index contributed by atoms with van der Waals surface area (Å²) in [5.41, 5.74) is 1.19. The number of urea groups is 1. The van der Waals surface area contributed by atoms with Crippen LogP contribution >= 0.6 is 23.2 Å². The van der Waals surface area contributed by atoms with Crippen LogP contribution < -0.4 is 19.5 Å². The Balaban J connectivity index is 1.19. The molecule has 3 aliphatic rings. The zero-order valence-corrected chi connectivity index (χ0v) is 31.9. The normalized spacial score (nSPS) is 21.6. The molecule has 0 bridgehead atoms. The number of likely N-dealkylation sites (tertiary alicyclic amines) is 3. The maximum atomic E-state index is 14.0. The van der Waals surface area contributed by atoms with Crippen molar-refractivity contribution in [3.63, 3.8) is 0 Å². The van der Waals surface area contributed by atoms with Crippen LogP contribution in [0.15, 0.2) is 54.7 Å². The molecule has 0 radical (unpaired) electrons. The van der Waals surface area contributed by atoms with Crippen molar-refractivity contribution in [3.05, 3.63) is 81.6 Å². The minimum Gasteiger partial charge on any atom is -0.493 e. The maximum absolute atomic E-state index is 14.0. The molecule has 2 N–H and O–H groups in total. The van der Waals surface area contributed by atoms with Gasteiger partial charge in [-0.05, 0) is 87.0 Å². The zero-order valence-electron chi connectivity index (χ0n) is 30.4. The van der Waals surface area contributed by atoms with Crippen LogP contribution in [0.2, 0.25) is 10.0 Å². The summed E-state index contributed by atoms with van der Waals surface area (Å²) in [5.74, 6) is -0.325. The van der Waals surface area contributed by atoms with Gasteiger partial charge in [0.2, 0.25) is 5.75 Å². The molecule has 3 saturated heterocycles. The van der Waals surface area contributed by atoms with E-state index in [9.17, 15) is 19.5 Å². The number of nitrogens with one attached hydrogen (secondary N) is 1. The predicted molar refractivity (Wildman–Crippen MR) is 201 cm³/mol. The number of ether oxygens (including phenoxy) is 3. The number of carboxylic acid groups (broad SMARTS) is 1. The van der Waals surface area contributed by atoms with Gasteiger partial charge in [0, 0.05) is 56.4 Å². The summed E-state index contributed by atoms with van der Waals surface area (Å²) in [6.07, 6.45) is 5.73. The predicted octanol–water partition coefficient (Wildman–Crippen LogP) is 6.09. The van der Waals surface area contributed by atoms with E-state index < -0.39 is 17.4 Å². The van der Waals surface area contributed by atoms with E-state index in [0.29, 0.717) is 91.3 Å². The highest BCUT2D eigenvalue weighted by atomic mass is 35.5. The number of hydrogen-bond donors (Lipinski definition) is 2. The molecule has 0 spiro atoms. The average Bonchev–Trinajstić information content (AvgIpc) is 3.63. The Morgan fingerprint density at radius 2 is 1.64 bits per heavy atom. The first-order valence-electron chi connectivity index (χ1n) is 18.0. The van der Waals surface area contributed by atoms with Crippen LogP contribution in [0.1, 0.15) is 60.1 Å². The Morgan fingerprint density at radius 3 is 2.26 bits per heavy atom. The molecule has 6 rings (SSSR count). The van der Waals surface area contributed by atoms with E-state index >= 15 is 0 Å². The van der Waals surface area contributed by atoms with Gasteiger partial charge >= 0.3 is 12.0 Å². The summed E-state index contributed by atoms with van der Waals surface area (Å²) in [5, 5.41) is 13.8. The number of aliphatic carboxylic acids is 1. The van der Waals surface area contributed by atoms with Crippen molar-refractivity contribution < 1.29 is 33.7 Å². The Bertz CT molecular complexity index is 1780. The Morgan fingerprint density at radius 1 is 0.906 bits per heavy atom. The molecule has 14 heteroatoms. The number of pyridine rings is 1. The number of amides is 3. The third-order valence-corrected chi connectivity index (χ3v) is 12.0. The van der Waals surface area contributed by atoms with Gasteiger partial charge in [0.15, 0.2) is 11.5 Å². The van der Waals surface area contributed by atoms with Gasteiger partial charge in [0.25, 0.3) is 5.91 Å². The van der Waals surface area contributed by atoms with Crippen LogP contribution in [-0.4, -0.2) is 110 Å². The molecule has 3 aromatic rings. The number of rotatable bonds is 11. The topological polar surface area (TPSA) is 134 Å². The number of carbonyl (C=O) groups is 3. The van der Waals surface area contributed by atoms with E-state index in [-0.39, 0.29) is 23.9 Å². The SMILES string of the molecule is COc1cc(C(=O)N2CCC(CCN3CCC(NC(=O)N4CCCC(C(=O)O)C4)(c4ccccn4)CC3)(c3ccc(Cl)c(Cl)c3)C2)cc(OC)c1OC. The van der Waals surface area contributed by atoms with Crippen molar-refractivity contribution in [1.29, 1.82) is 0 Å². The molecular formula is C39H47Cl2N5O7.